The summed E-state index contributed by atoms with van der Waals surface area (Å²) in [7, 11) is -3.88. The molecule has 0 N–H and O–H groups in total. The van der Waals surface area contributed by atoms with Gasteiger partial charge in [-0.3, -0.25) is 4.98 Å². The molecule has 0 amide bonds. The molecule has 1 atom stereocenters. The molecule has 2 aromatic heterocycles. The number of halogens is 2. The van der Waals surface area contributed by atoms with Crippen molar-refractivity contribution in [2.75, 3.05) is 24.7 Å². The summed E-state index contributed by atoms with van der Waals surface area (Å²) in [6.45, 7) is 3.73. The molecule has 0 spiro atoms. The zero-order valence-corrected chi connectivity index (χ0v) is 16.2. The summed E-state index contributed by atoms with van der Waals surface area (Å²) >= 11 is 6.12. The number of rotatable bonds is 4. The lowest BCUT2D eigenvalue weighted by Gasteiger charge is -2.34. The van der Waals surface area contributed by atoms with E-state index in [0.717, 1.165) is 18.5 Å². The van der Waals surface area contributed by atoms with Crippen molar-refractivity contribution in [1.82, 2.24) is 15.0 Å². The summed E-state index contributed by atoms with van der Waals surface area (Å²) in [6.07, 6.45) is 2.90. The Morgan fingerprint density at radius 2 is 2.07 bits per heavy atom. The fourth-order valence-electron chi connectivity index (χ4n) is 3.39. The van der Waals surface area contributed by atoms with E-state index in [1.165, 1.54) is 0 Å². The molecule has 4 rings (SSSR count). The quantitative estimate of drug-likeness (QED) is 0.712. The maximum Gasteiger partial charge on any atom is 0.224 e. The molecule has 10 heteroatoms. The monoisotopic (exact) mass is 412 g/mol. The van der Waals surface area contributed by atoms with E-state index in [0.29, 0.717) is 44.1 Å². The molecule has 1 saturated heterocycles. The zero-order chi connectivity index (χ0) is 19.2. The molecule has 7 nitrogen and oxygen atoms in total. The van der Waals surface area contributed by atoms with Crippen molar-refractivity contribution < 1.29 is 17.5 Å². The number of aromatic nitrogens is 3. The Kier molecular flexibility index (Phi) is 4.56. The highest BCUT2D eigenvalue weighted by Crippen LogP contribution is 2.55. The first-order chi connectivity index (χ1) is 12.8. The standard InChI is InChI=1S/C17H18ClFN4O3S/c1-11-10-26-5-4-23(11)15-7-14(21-16(18)22-15)17(2-3-17)27(24,25)13-6-12(19)8-20-9-13/h6-9,11H,2-5,10H2,1H3/t11-/m0/s1. The average molecular weight is 413 g/mol. The number of pyridine rings is 1. The van der Waals surface area contributed by atoms with Crippen LogP contribution in [0.4, 0.5) is 10.2 Å². The van der Waals surface area contributed by atoms with Gasteiger partial charge in [-0.25, -0.2) is 22.8 Å². The van der Waals surface area contributed by atoms with Crippen molar-refractivity contribution in [1.29, 1.82) is 0 Å². The van der Waals surface area contributed by atoms with Crippen LogP contribution in [0.25, 0.3) is 0 Å². The van der Waals surface area contributed by atoms with Crippen molar-refractivity contribution in [3.8, 4) is 0 Å². The molecular weight excluding hydrogens is 395 g/mol. The summed E-state index contributed by atoms with van der Waals surface area (Å²) < 4.78 is 44.1. The van der Waals surface area contributed by atoms with E-state index in [-0.39, 0.29) is 16.2 Å². The predicted molar refractivity (Wildman–Crippen MR) is 97.0 cm³/mol. The lowest BCUT2D eigenvalue weighted by Crippen LogP contribution is -2.44. The Morgan fingerprint density at radius 3 is 2.74 bits per heavy atom. The lowest BCUT2D eigenvalue weighted by molar-refractivity contribution is 0.0985. The summed E-state index contributed by atoms with van der Waals surface area (Å²) in [6, 6.07) is 2.73. The third-order valence-corrected chi connectivity index (χ3v) is 7.68. The minimum atomic E-state index is -3.88. The molecule has 2 fully saturated rings. The highest BCUT2D eigenvalue weighted by molar-refractivity contribution is 7.92. The molecule has 0 aromatic carbocycles. The first-order valence-electron chi connectivity index (χ1n) is 8.58. The topological polar surface area (TPSA) is 85.3 Å². The van der Waals surface area contributed by atoms with Crippen LogP contribution in [0.3, 0.4) is 0 Å². The number of morpholine rings is 1. The molecule has 144 valence electrons. The van der Waals surface area contributed by atoms with E-state index in [4.69, 9.17) is 16.3 Å². The number of anilines is 1. The first-order valence-corrected chi connectivity index (χ1v) is 10.4. The van der Waals surface area contributed by atoms with Crippen molar-refractivity contribution in [3.05, 3.63) is 41.3 Å². The fourth-order valence-corrected chi connectivity index (χ4v) is 5.51. The van der Waals surface area contributed by atoms with Crippen molar-refractivity contribution in [3.63, 3.8) is 0 Å². The van der Waals surface area contributed by atoms with Gasteiger partial charge in [0.15, 0.2) is 9.84 Å². The van der Waals surface area contributed by atoms with Gasteiger partial charge in [0.25, 0.3) is 0 Å². The number of ether oxygens (including phenoxy) is 1. The van der Waals surface area contributed by atoms with Gasteiger partial charge in [-0.2, -0.15) is 0 Å². The average Bonchev–Trinajstić information content (AvgIpc) is 3.44. The Hall–Kier alpha value is -1.84. The van der Waals surface area contributed by atoms with Crippen LogP contribution in [0.2, 0.25) is 5.28 Å². The zero-order valence-electron chi connectivity index (χ0n) is 14.6. The van der Waals surface area contributed by atoms with Gasteiger partial charge in [0.1, 0.15) is 16.4 Å². The first kappa shape index (κ1) is 18.5. The molecule has 2 aliphatic rings. The lowest BCUT2D eigenvalue weighted by atomic mass is 10.2. The Morgan fingerprint density at radius 1 is 1.30 bits per heavy atom. The number of hydrogen-bond acceptors (Lipinski definition) is 7. The summed E-state index contributed by atoms with van der Waals surface area (Å²) in [5.41, 5.74) is 0.334. The van der Waals surface area contributed by atoms with Gasteiger partial charge in [0.2, 0.25) is 5.28 Å². The van der Waals surface area contributed by atoms with Gasteiger partial charge in [-0.1, -0.05) is 0 Å². The second-order valence-corrected chi connectivity index (χ2v) is 9.43. The minimum absolute atomic E-state index is 0.0139. The molecule has 1 saturated carbocycles. The van der Waals surface area contributed by atoms with E-state index < -0.39 is 20.4 Å². The van der Waals surface area contributed by atoms with Gasteiger partial charge in [-0.15, -0.1) is 0 Å². The van der Waals surface area contributed by atoms with E-state index in [2.05, 4.69) is 15.0 Å². The van der Waals surface area contributed by atoms with Gasteiger partial charge in [0.05, 0.1) is 36.0 Å². The Bertz CT molecular complexity index is 984. The van der Waals surface area contributed by atoms with Crippen molar-refractivity contribution in [2.45, 2.75) is 35.4 Å². The Labute approximate surface area is 161 Å². The number of hydrogen-bond donors (Lipinski definition) is 0. The van der Waals surface area contributed by atoms with Gasteiger partial charge in [0, 0.05) is 18.8 Å². The number of sulfone groups is 1. The third kappa shape index (κ3) is 3.17. The van der Waals surface area contributed by atoms with E-state index in [1.807, 2.05) is 11.8 Å². The SMILES string of the molecule is C[C@H]1COCCN1c1cc(C2(S(=O)(=O)c3cncc(F)c3)CC2)nc(Cl)n1. The van der Waals surface area contributed by atoms with Gasteiger partial charge >= 0.3 is 0 Å². The summed E-state index contributed by atoms with van der Waals surface area (Å²) in [4.78, 5) is 14.0. The smallest absolute Gasteiger partial charge is 0.224 e. The van der Waals surface area contributed by atoms with E-state index in [1.54, 1.807) is 6.07 Å². The van der Waals surface area contributed by atoms with Crippen LogP contribution in [0.1, 0.15) is 25.5 Å². The molecule has 0 bridgehead atoms. The second-order valence-electron chi connectivity index (χ2n) is 6.83. The van der Waals surface area contributed by atoms with Crippen LogP contribution in [0.15, 0.2) is 29.4 Å². The third-order valence-electron chi connectivity index (χ3n) is 5.02. The van der Waals surface area contributed by atoms with E-state index in [9.17, 15) is 12.8 Å². The molecule has 27 heavy (non-hydrogen) atoms. The van der Waals surface area contributed by atoms with Gasteiger partial charge in [-0.05, 0) is 37.4 Å². The van der Waals surface area contributed by atoms with Crippen LogP contribution in [-0.2, 0) is 19.3 Å². The molecule has 2 aromatic rings. The van der Waals surface area contributed by atoms with Crippen molar-refractivity contribution in [2.24, 2.45) is 0 Å². The highest BCUT2D eigenvalue weighted by atomic mass is 35.5. The maximum atomic E-state index is 13.5. The van der Waals surface area contributed by atoms with Crippen LogP contribution in [0, 0.1) is 5.82 Å². The minimum Gasteiger partial charge on any atom is -0.377 e. The molecule has 1 aliphatic carbocycles. The maximum absolute atomic E-state index is 13.5. The number of nitrogens with zero attached hydrogens (tertiary/aromatic N) is 4. The van der Waals surface area contributed by atoms with Crippen LogP contribution < -0.4 is 4.90 Å². The van der Waals surface area contributed by atoms with Gasteiger partial charge < -0.3 is 9.64 Å². The Balaban J connectivity index is 1.77. The molecular formula is C17H18ClFN4O3S. The second kappa shape index (κ2) is 6.65. The molecule has 0 radical (unpaired) electrons. The largest absolute Gasteiger partial charge is 0.377 e. The van der Waals surface area contributed by atoms with Crippen LogP contribution >= 0.6 is 11.6 Å². The van der Waals surface area contributed by atoms with E-state index >= 15 is 0 Å². The molecule has 0 unspecified atom stereocenters. The summed E-state index contributed by atoms with van der Waals surface area (Å²) in [5, 5.41) is -0.0139. The normalized spacial score (nSPS) is 21.9. The molecule has 1 aliphatic heterocycles. The summed E-state index contributed by atoms with van der Waals surface area (Å²) in [5.74, 6) is -0.130. The highest BCUT2D eigenvalue weighted by Gasteiger charge is 2.58. The predicted octanol–water partition coefficient (Wildman–Crippen LogP) is 2.35. The molecule has 3 heterocycles. The fraction of sp³-hybridized carbons (Fsp3) is 0.471. The van der Waals surface area contributed by atoms with Crippen LogP contribution in [-0.4, -0.2) is 49.2 Å². The van der Waals surface area contributed by atoms with Crippen LogP contribution in [0.5, 0.6) is 0 Å². The van der Waals surface area contributed by atoms with Crippen molar-refractivity contribution >= 4 is 27.3 Å².